The average Bonchev–Trinajstić information content (AvgIpc) is 3.12. The molecule has 1 heterocycles. The second-order valence-corrected chi connectivity index (χ2v) is 9.38. The van der Waals surface area contributed by atoms with Crippen LogP contribution in [0.25, 0.3) is 6.08 Å². The molecule has 0 N–H and O–H groups in total. The number of anilines is 1. The van der Waals surface area contributed by atoms with Crippen molar-refractivity contribution in [3.63, 3.8) is 0 Å². The van der Waals surface area contributed by atoms with Gasteiger partial charge in [0.25, 0.3) is 5.91 Å². The van der Waals surface area contributed by atoms with Gasteiger partial charge in [0.1, 0.15) is 10.1 Å². The van der Waals surface area contributed by atoms with Crippen molar-refractivity contribution < 1.29 is 14.3 Å². The molecule has 1 saturated heterocycles. The van der Waals surface area contributed by atoms with E-state index in [1.54, 1.807) is 16.9 Å². The van der Waals surface area contributed by atoms with Gasteiger partial charge in [-0.05, 0) is 48.7 Å². The third-order valence-corrected chi connectivity index (χ3v) is 6.75. The first-order chi connectivity index (χ1) is 16.5. The predicted octanol–water partition coefficient (Wildman–Crippen LogP) is 5.40. The van der Waals surface area contributed by atoms with E-state index in [1.807, 2.05) is 60.7 Å². The van der Waals surface area contributed by atoms with Crippen LogP contribution in [-0.2, 0) is 9.59 Å². The highest BCUT2D eigenvalue weighted by molar-refractivity contribution is 8.26. The Morgan fingerprint density at radius 1 is 1.15 bits per heavy atom. The van der Waals surface area contributed by atoms with Crippen LogP contribution in [0, 0.1) is 11.3 Å². The number of para-hydroxylation sites is 1. The van der Waals surface area contributed by atoms with Gasteiger partial charge < -0.3 is 9.64 Å². The summed E-state index contributed by atoms with van der Waals surface area (Å²) in [6, 6.07) is 19.0. The number of benzene rings is 2. The van der Waals surface area contributed by atoms with Gasteiger partial charge in [-0.1, -0.05) is 60.7 Å². The molecule has 1 aliphatic rings. The molecule has 2 aromatic rings. The number of amides is 2. The molecule has 0 radical (unpaired) electrons. The summed E-state index contributed by atoms with van der Waals surface area (Å²) in [5, 5.41) is 8.92. The number of ether oxygens (including phenoxy) is 1. The maximum atomic E-state index is 12.8. The van der Waals surface area contributed by atoms with Gasteiger partial charge >= 0.3 is 0 Å². The number of thiocarbonyl (C=S) groups is 1. The number of hydrogen-bond acceptors (Lipinski definition) is 6. The first-order valence-corrected chi connectivity index (χ1v) is 12.4. The summed E-state index contributed by atoms with van der Waals surface area (Å²) in [4.78, 5) is 29.5. The van der Waals surface area contributed by atoms with Crippen molar-refractivity contribution in [3.8, 4) is 11.8 Å². The fraction of sp³-hybridized carbons (Fsp3) is 0.308. The number of methoxy groups -OCH3 is 1. The SMILES string of the molecule is COc1ccc(C=C2SC(=S)N(CCCCCC(=O)N(CCC#N)c3ccccc3)C2=O)cc1. The van der Waals surface area contributed by atoms with Gasteiger partial charge in [0.05, 0.1) is 24.5 Å². The van der Waals surface area contributed by atoms with E-state index < -0.39 is 0 Å². The molecule has 2 aromatic carbocycles. The Morgan fingerprint density at radius 3 is 2.56 bits per heavy atom. The summed E-state index contributed by atoms with van der Waals surface area (Å²) in [5.74, 6) is 0.697. The Hall–Kier alpha value is -3.15. The van der Waals surface area contributed by atoms with Crippen molar-refractivity contribution in [1.29, 1.82) is 5.26 Å². The minimum absolute atomic E-state index is 0.00878. The Balaban J connectivity index is 1.47. The molecule has 3 rings (SSSR count). The topological polar surface area (TPSA) is 73.6 Å². The van der Waals surface area contributed by atoms with Gasteiger partial charge in [0.2, 0.25) is 5.91 Å². The number of unbranched alkanes of at least 4 members (excludes halogenated alkanes) is 2. The van der Waals surface area contributed by atoms with Gasteiger partial charge in [-0.2, -0.15) is 5.26 Å². The minimum Gasteiger partial charge on any atom is -0.497 e. The normalized spacial score (nSPS) is 14.4. The van der Waals surface area contributed by atoms with Crippen molar-refractivity contribution in [2.45, 2.75) is 32.1 Å². The van der Waals surface area contributed by atoms with Crippen LogP contribution in [0.5, 0.6) is 5.75 Å². The van der Waals surface area contributed by atoms with E-state index in [2.05, 4.69) is 6.07 Å². The molecular weight excluding hydrogens is 466 g/mol. The first kappa shape index (κ1) is 25.5. The minimum atomic E-state index is -0.0753. The molecular formula is C26H27N3O3S2. The van der Waals surface area contributed by atoms with Gasteiger partial charge in [-0.3, -0.25) is 14.5 Å². The lowest BCUT2D eigenvalue weighted by molar-refractivity contribution is -0.122. The summed E-state index contributed by atoms with van der Waals surface area (Å²) in [7, 11) is 1.62. The third-order valence-electron chi connectivity index (χ3n) is 5.38. The number of hydrogen-bond donors (Lipinski definition) is 0. The van der Waals surface area contributed by atoms with Crippen LogP contribution in [0.4, 0.5) is 5.69 Å². The van der Waals surface area contributed by atoms with Crippen LogP contribution in [0.1, 0.15) is 37.7 Å². The molecule has 34 heavy (non-hydrogen) atoms. The Kier molecular flexibility index (Phi) is 9.68. The molecule has 0 spiro atoms. The van der Waals surface area contributed by atoms with Gasteiger partial charge in [0, 0.05) is 25.2 Å². The maximum absolute atomic E-state index is 12.8. The zero-order valence-corrected chi connectivity index (χ0v) is 20.7. The fourth-order valence-electron chi connectivity index (χ4n) is 3.57. The fourth-order valence-corrected chi connectivity index (χ4v) is 4.88. The highest BCUT2D eigenvalue weighted by Gasteiger charge is 2.31. The van der Waals surface area contributed by atoms with E-state index in [9.17, 15) is 9.59 Å². The number of thioether (sulfide) groups is 1. The molecule has 0 bridgehead atoms. The van der Waals surface area contributed by atoms with Crippen LogP contribution in [0.15, 0.2) is 59.5 Å². The molecule has 176 valence electrons. The van der Waals surface area contributed by atoms with E-state index >= 15 is 0 Å². The molecule has 0 aromatic heterocycles. The standard InChI is InChI=1S/C26H27N3O3S2/c1-32-22-14-12-20(13-15-22)19-23-25(31)29(26(33)34-23)17-7-3-6-11-24(30)28(18-8-16-27)21-9-4-2-5-10-21/h2,4-5,9-10,12-15,19H,3,6-8,11,17-18H2,1H3. The van der Waals surface area contributed by atoms with Crippen LogP contribution < -0.4 is 9.64 Å². The molecule has 1 aliphatic heterocycles. The lowest BCUT2D eigenvalue weighted by Crippen LogP contribution is -2.31. The molecule has 0 atom stereocenters. The van der Waals surface area contributed by atoms with Crippen LogP contribution in [-0.4, -0.2) is 41.2 Å². The van der Waals surface area contributed by atoms with Crippen molar-refractivity contribution in [2.75, 3.05) is 25.1 Å². The largest absolute Gasteiger partial charge is 0.497 e. The average molecular weight is 494 g/mol. The van der Waals surface area contributed by atoms with E-state index in [-0.39, 0.29) is 11.8 Å². The zero-order valence-electron chi connectivity index (χ0n) is 19.1. The Bertz CT molecular complexity index is 1080. The highest BCUT2D eigenvalue weighted by atomic mass is 32.2. The smallest absolute Gasteiger partial charge is 0.266 e. The predicted molar refractivity (Wildman–Crippen MR) is 140 cm³/mol. The number of rotatable bonds is 11. The van der Waals surface area contributed by atoms with Crippen molar-refractivity contribution in [1.82, 2.24) is 4.90 Å². The third kappa shape index (κ3) is 6.92. The van der Waals surface area contributed by atoms with Gasteiger partial charge in [0.15, 0.2) is 0 Å². The molecule has 2 amide bonds. The zero-order chi connectivity index (χ0) is 24.3. The lowest BCUT2D eigenvalue weighted by atomic mass is 10.1. The first-order valence-electron chi connectivity index (χ1n) is 11.1. The molecule has 0 unspecified atom stereocenters. The van der Waals surface area contributed by atoms with E-state index in [4.69, 9.17) is 22.2 Å². The van der Waals surface area contributed by atoms with E-state index in [0.29, 0.717) is 41.6 Å². The lowest BCUT2D eigenvalue weighted by Gasteiger charge is -2.22. The monoisotopic (exact) mass is 493 g/mol. The molecule has 0 saturated carbocycles. The Morgan fingerprint density at radius 2 is 1.88 bits per heavy atom. The summed E-state index contributed by atoms with van der Waals surface area (Å²) >= 11 is 6.73. The van der Waals surface area contributed by atoms with Gasteiger partial charge in [-0.15, -0.1) is 0 Å². The number of nitriles is 1. The van der Waals surface area contributed by atoms with Crippen molar-refractivity contribution >= 4 is 51.9 Å². The summed E-state index contributed by atoms with van der Waals surface area (Å²) in [6.07, 6.45) is 4.82. The number of nitrogens with zero attached hydrogens (tertiary/aromatic N) is 3. The molecule has 0 aliphatic carbocycles. The summed E-state index contributed by atoms with van der Waals surface area (Å²) in [5.41, 5.74) is 1.73. The summed E-state index contributed by atoms with van der Waals surface area (Å²) in [6.45, 7) is 0.923. The molecule has 6 nitrogen and oxygen atoms in total. The van der Waals surface area contributed by atoms with Crippen LogP contribution in [0.2, 0.25) is 0 Å². The molecule has 8 heteroatoms. The molecule has 1 fully saturated rings. The van der Waals surface area contributed by atoms with Gasteiger partial charge in [-0.25, -0.2) is 0 Å². The van der Waals surface area contributed by atoms with Crippen LogP contribution in [0.3, 0.4) is 0 Å². The maximum Gasteiger partial charge on any atom is 0.266 e. The van der Waals surface area contributed by atoms with Crippen LogP contribution >= 0.6 is 24.0 Å². The number of carbonyl (C=O) groups is 2. The second kappa shape index (κ2) is 12.9. The quantitative estimate of drug-likeness (QED) is 0.237. The highest BCUT2D eigenvalue weighted by Crippen LogP contribution is 2.33. The second-order valence-electron chi connectivity index (χ2n) is 7.71. The summed E-state index contributed by atoms with van der Waals surface area (Å²) < 4.78 is 5.73. The van der Waals surface area contributed by atoms with E-state index in [1.165, 1.54) is 11.8 Å². The van der Waals surface area contributed by atoms with Crippen molar-refractivity contribution in [3.05, 3.63) is 65.1 Å². The Labute approximate surface area is 210 Å². The van der Waals surface area contributed by atoms with Crippen molar-refractivity contribution in [2.24, 2.45) is 0 Å². The number of carbonyl (C=O) groups excluding carboxylic acids is 2. The van der Waals surface area contributed by atoms with E-state index in [0.717, 1.165) is 29.8 Å².